The van der Waals surface area contributed by atoms with Crippen molar-refractivity contribution in [1.29, 1.82) is 0 Å². The van der Waals surface area contributed by atoms with Crippen molar-refractivity contribution in [3.05, 3.63) is 83.6 Å². The first-order valence-electron chi connectivity index (χ1n) is 18.5. The molecule has 5 N–H and O–H groups in total. The molecule has 2 heterocycles. The largest absolute Gasteiger partial charge is 0.369 e. The van der Waals surface area contributed by atoms with Crippen molar-refractivity contribution in [2.45, 2.75) is 107 Å². The van der Waals surface area contributed by atoms with E-state index >= 15 is 0 Å². The summed E-state index contributed by atoms with van der Waals surface area (Å²) in [7, 11) is -8.75. The fourth-order valence-corrected chi connectivity index (χ4v) is 8.35. The molecule has 0 aliphatic carbocycles. The Bertz CT molecular complexity index is 2100. The van der Waals surface area contributed by atoms with E-state index in [4.69, 9.17) is 5.73 Å². The Kier molecular flexibility index (Phi) is 13.5. The molecule has 54 heavy (non-hydrogen) atoms. The van der Waals surface area contributed by atoms with Gasteiger partial charge in [-0.05, 0) is 88.4 Å². The molecule has 2 amide bonds. The first-order chi connectivity index (χ1) is 25.2. The van der Waals surface area contributed by atoms with Crippen molar-refractivity contribution in [1.82, 2.24) is 5.32 Å². The van der Waals surface area contributed by atoms with Crippen LogP contribution in [0.4, 0.5) is 11.4 Å². The van der Waals surface area contributed by atoms with Gasteiger partial charge in [0.2, 0.25) is 17.5 Å². The number of primary amides is 1. The predicted molar refractivity (Wildman–Crippen MR) is 211 cm³/mol. The molecule has 1 atom stereocenters. The molecule has 0 spiro atoms. The van der Waals surface area contributed by atoms with Crippen molar-refractivity contribution in [3.8, 4) is 0 Å². The maximum atomic E-state index is 12.4. The van der Waals surface area contributed by atoms with Crippen molar-refractivity contribution >= 4 is 49.1 Å². The first kappa shape index (κ1) is 42.6. The Hall–Kier alpha value is -4.11. The molecule has 2 aromatic carbocycles. The SMILES string of the molecule is CCN1/C(=C/C=C/C=C/C2=[N+](CCCCCC(=O)NCCCC[C@H](C)C(N)=O)c3ccc(S(=O)(=O)O)cc3C2(C)C)C(C)(C)c2cc(S(=O)(=O)O)ccc21. The number of carbonyl (C=O) groups is 2. The van der Waals surface area contributed by atoms with Gasteiger partial charge in [0.15, 0.2) is 5.71 Å². The van der Waals surface area contributed by atoms with Gasteiger partial charge >= 0.3 is 0 Å². The molecular weight excluding hydrogens is 729 g/mol. The van der Waals surface area contributed by atoms with Gasteiger partial charge < -0.3 is 16.0 Å². The third-order valence-corrected chi connectivity index (χ3v) is 12.2. The van der Waals surface area contributed by atoms with Gasteiger partial charge in [-0.15, -0.1) is 0 Å². The number of likely N-dealkylation sites (N-methyl/N-ethyl adjacent to an activating group) is 1. The molecule has 0 saturated heterocycles. The van der Waals surface area contributed by atoms with E-state index < -0.39 is 31.1 Å². The summed E-state index contributed by atoms with van der Waals surface area (Å²) in [5.74, 6) is -0.482. The molecule has 0 unspecified atom stereocenters. The smallest absolute Gasteiger partial charge is 0.294 e. The van der Waals surface area contributed by atoms with E-state index in [9.17, 15) is 35.5 Å². The molecule has 2 aromatic rings. The number of allylic oxidation sites excluding steroid dienone is 6. The number of hydrogen-bond acceptors (Lipinski definition) is 7. The molecule has 12 nitrogen and oxygen atoms in total. The van der Waals surface area contributed by atoms with E-state index in [1.807, 2.05) is 65.0 Å². The van der Waals surface area contributed by atoms with Crippen LogP contribution in [0.25, 0.3) is 0 Å². The summed E-state index contributed by atoms with van der Waals surface area (Å²) in [4.78, 5) is 25.4. The van der Waals surface area contributed by atoms with Gasteiger partial charge in [0.25, 0.3) is 20.2 Å². The van der Waals surface area contributed by atoms with E-state index in [2.05, 4.69) is 14.8 Å². The monoisotopic (exact) mass is 783 g/mol. The minimum atomic E-state index is -4.40. The summed E-state index contributed by atoms with van der Waals surface area (Å²) < 4.78 is 69.4. The number of nitrogens with two attached hydrogens (primary N) is 1. The number of amides is 2. The van der Waals surface area contributed by atoms with Crippen molar-refractivity contribution in [3.63, 3.8) is 0 Å². The summed E-state index contributed by atoms with van der Waals surface area (Å²) in [6.07, 6.45) is 14.8. The van der Waals surface area contributed by atoms with Gasteiger partial charge in [-0.1, -0.05) is 45.4 Å². The van der Waals surface area contributed by atoms with Crippen molar-refractivity contribution in [2.24, 2.45) is 11.7 Å². The number of unbranched alkanes of at least 4 members (excludes halogenated alkanes) is 3. The van der Waals surface area contributed by atoms with E-state index in [0.29, 0.717) is 38.9 Å². The van der Waals surface area contributed by atoms with E-state index in [-0.39, 0.29) is 27.5 Å². The Morgan fingerprint density at radius 1 is 0.870 bits per heavy atom. The van der Waals surface area contributed by atoms with Crippen molar-refractivity contribution < 1.29 is 40.1 Å². The Morgan fingerprint density at radius 3 is 2.15 bits per heavy atom. The maximum Gasteiger partial charge on any atom is 0.294 e. The lowest BCUT2D eigenvalue weighted by molar-refractivity contribution is -0.438. The fraction of sp³-hybridized carbons (Fsp3) is 0.475. The van der Waals surface area contributed by atoms with Crippen LogP contribution in [0.3, 0.4) is 0 Å². The van der Waals surface area contributed by atoms with Gasteiger partial charge in [0, 0.05) is 66.4 Å². The zero-order chi connectivity index (χ0) is 40.1. The standard InChI is InChI=1S/C40H54N4O8S2/c1-7-43-33-22-20-29(53(47,48)49)26-31(33)39(3,4)35(43)17-10-8-11-18-36-40(5,6)32-27-30(54(50,51)52)21-23-34(32)44(36)25-15-9-12-19-37(45)42-24-14-13-16-28(2)38(41)46/h8,10-11,17-18,20-23,26-28H,7,9,12-16,19,24-25H2,1-6H3,(H4-,41,42,45,46,47,48,49,50,51,52)/p+1/t28-/m0/s1. The summed E-state index contributed by atoms with van der Waals surface area (Å²) in [5, 5.41) is 2.95. The van der Waals surface area contributed by atoms with Crippen LogP contribution in [0.2, 0.25) is 0 Å². The molecule has 0 saturated carbocycles. The summed E-state index contributed by atoms with van der Waals surface area (Å²) in [5.41, 5.74) is 9.43. The van der Waals surface area contributed by atoms with Crippen LogP contribution >= 0.6 is 0 Å². The second-order valence-electron chi connectivity index (χ2n) is 15.1. The van der Waals surface area contributed by atoms with Crippen LogP contribution in [-0.4, -0.2) is 67.7 Å². The number of benzene rings is 2. The third-order valence-electron chi connectivity index (χ3n) is 10.5. The lowest BCUT2D eigenvalue weighted by atomic mass is 9.81. The van der Waals surface area contributed by atoms with Crippen LogP contribution in [0.5, 0.6) is 0 Å². The highest BCUT2D eigenvalue weighted by Gasteiger charge is 2.45. The topological polar surface area (TPSA) is 187 Å². The van der Waals surface area contributed by atoms with Crippen LogP contribution in [-0.2, 0) is 40.7 Å². The van der Waals surface area contributed by atoms with Crippen LogP contribution < -0.4 is 16.0 Å². The van der Waals surface area contributed by atoms with Gasteiger partial charge in [-0.3, -0.25) is 18.7 Å². The molecule has 2 aliphatic heterocycles. The zero-order valence-electron chi connectivity index (χ0n) is 32.1. The summed E-state index contributed by atoms with van der Waals surface area (Å²) in [6.45, 7) is 13.7. The van der Waals surface area contributed by atoms with E-state index in [1.165, 1.54) is 24.3 Å². The molecule has 4 rings (SSSR count). The second kappa shape index (κ2) is 17.1. The van der Waals surface area contributed by atoms with Crippen molar-refractivity contribution in [2.75, 3.05) is 24.5 Å². The average Bonchev–Trinajstić information content (AvgIpc) is 3.44. The number of fused-ring (bicyclic) bond motifs is 2. The fourth-order valence-electron chi connectivity index (χ4n) is 7.34. The summed E-state index contributed by atoms with van der Waals surface area (Å²) in [6, 6.07) is 9.34. The third kappa shape index (κ3) is 9.76. The van der Waals surface area contributed by atoms with Crippen LogP contribution in [0.15, 0.2) is 82.3 Å². The van der Waals surface area contributed by atoms with E-state index in [1.54, 1.807) is 19.1 Å². The van der Waals surface area contributed by atoms with Crippen LogP contribution in [0, 0.1) is 5.92 Å². The van der Waals surface area contributed by atoms with Gasteiger partial charge in [-0.25, -0.2) is 0 Å². The predicted octanol–water partition coefficient (Wildman–Crippen LogP) is 6.34. The molecule has 0 radical (unpaired) electrons. The lowest BCUT2D eigenvalue weighted by Gasteiger charge is -2.25. The van der Waals surface area contributed by atoms with Gasteiger partial charge in [0.05, 0.1) is 15.2 Å². The Labute approximate surface area is 320 Å². The number of anilines is 1. The molecule has 0 aromatic heterocycles. The maximum absolute atomic E-state index is 12.4. The molecule has 0 fully saturated rings. The zero-order valence-corrected chi connectivity index (χ0v) is 33.8. The van der Waals surface area contributed by atoms with E-state index in [0.717, 1.165) is 59.6 Å². The number of nitrogens with one attached hydrogen (secondary N) is 1. The lowest BCUT2D eigenvalue weighted by Crippen LogP contribution is -2.28. The molecule has 14 heteroatoms. The van der Waals surface area contributed by atoms with Gasteiger partial charge in [0.1, 0.15) is 6.54 Å². The van der Waals surface area contributed by atoms with Crippen LogP contribution in [0.1, 0.15) is 97.6 Å². The first-order valence-corrected chi connectivity index (χ1v) is 21.4. The quantitative estimate of drug-likeness (QED) is 0.0579. The molecule has 294 valence electrons. The number of rotatable bonds is 18. The minimum absolute atomic E-state index is 0.00457. The summed E-state index contributed by atoms with van der Waals surface area (Å²) >= 11 is 0. The number of carbonyl (C=O) groups excluding carboxylic acids is 2. The minimum Gasteiger partial charge on any atom is -0.369 e. The molecule has 0 bridgehead atoms. The normalized spacial score (nSPS) is 17.8. The average molecular weight is 784 g/mol. The molecular formula is C40H55N4O8S2+. The Balaban J connectivity index is 1.48. The number of nitrogens with zero attached hydrogens (tertiary/aromatic N) is 2. The van der Waals surface area contributed by atoms with Gasteiger partial charge in [-0.2, -0.15) is 21.4 Å². The number of hydrogen-bond donors (Lipinski definition) is 4. The highest BCUT2D eigenvalue weighted by Crippen LogP contribution is 2.48. The molecule has 2 aliphatic rings. The highest BCUT2D eigenvalue weighted by atomic mass is 32.2. The Morgan fingerprint density at radius 2 is 1.52 bits per heavy atom. The highest BCUT2D eigenvalue weighted by molar-refractivity contribution is 7.86. The second-order valence-corrected chi connectivity index (χ2v) is 17.9.